The Morgan fingerprint density at radius 2 is 2.13 bits per heavy atom. The van der Waals surface area contributed by atoms with Crippen LogP contribution in [0.15, 0.2) is 34.7 Å². The molecule has 1 aromatic carbocycles. The third kappa shape index (κ3) is 3.28. The minimum absolute atomic E-state index is 0.275. The second-order valence-electron chi connectivity index (χ2n) is 4.87. The van der Waals surface area contributed by atoms with Gasteiger partial charge in [0.15, 0.2) is 0 Å². The van der Waals surface area contributed by atoms with Crippen LogP contribution in [0, 0.1) is 6.92 Å². The molecule has 0 aliphatic carbocycles. The summed E-state index contributed by atoms with van der Waals surface area (Å²) in [6, 6.07) is 9.03. The van der Waals surface area contributed by atoms with Crippen LogP contribution in [0.3, 0.4) is 0 Å². The molecule has 0 saturated heterocycles. The average molecular weight is 348 g/mol. The molecule has 0 aliphatic heterocycles. The van der Waals surface area contributed by atoms with Crippen LogP contribution in [0.5, 0.6) is 0 Å². The number of hydrogen-bond donors (Lipinski definition) is 1. The summed E-state index contributed by atoms with van der Waals surface area (Å²) in [5, 5.41) is 12.6. The van der Waals surface area contributed by atoms with Crippen molar-refractivity contribution in [1.29, 1.82) is 0 Å². The molecule has 1 N–H and O–H groups in total. The number of aryl methyl sites for hydroxylation is 2. The summed E-state index contributed by atoms with van der Waals surface area (Å²) in [7, 11) is 0. The predicted molar refractivity (Wildman–Crippen MR) is 91.1 cm³/mol. The number of hydrogen-bond acceptors (Lipinski definition) is 5. The maximum atomic E-state index is 12.4. The maximum absolute atomic E-state index is 12.4. The smallest absolute Gasteiger partial charge is 0.261 e. The number of nitrogens with one attached hydrogen (secondary N) is 1. The van der Waals surface area contributed by atoms with Crippen LogP contribution in [0.2, 0.25) is 5.02 Å². The summed E-state index contributed by atoms with van der Waals surface area (Å²) in [5.41, 5.74) is 1.20. The maximum Gasteiger partial charge on any atom is 0.261 e. The molecule has 23 heavy (non-hydrogen) atoms. The molecule has 118 valence electrons. The van der Waals surface area contributed by atoms with Crippen molar-refractivity contribution in [2.75, 3.05) is 5.32 Å². The number of carbonyl (C=O) groups excluding carboxylic acids is 1. The highest BCUT2D eigenvalue weighted by Crippen LogP contribution is 2.31. The van der Waals surface area contributed by atoms with Gasteiger partial charge in [-0.2, -0.15) is 0 Å². The number of amides is 1. The third-order valence-electron chi connectivity index (χ3n) is 3.29. The number of benzene rings is 1. The van der Waals surface area contributed by atoms with Gasteiger partial charge < -0.3 is 4.42 Å². The van der Waals surface area contributed by atoms with Gasteiger partial charge in [-0.05, 0) is 31.5 Å². The molecule has 1 amide bonds. The van der Waals surface area contributed by atoms with Crippen LogP contribution in [0.1, 0.15) is 28.0 Å². The van der Waals surface area contributed by atoms with E-state index < -0.39 is 0 Å². The quantitative estimate of drug-likeness (QED) is 0.750. The van der Waals surface area contributed by atoms with E-state index in [4.69, 9.17) is 16.0 Å². The molecule has 0 atom stereocenters. The Morgan fingerprint density at radius 1 is 1.35 bits per heavy atom. The Morgan fingerprint density at radius 3 is 2.83 bits per heavy atom. The Balaban J connectivity index is 1.86. The Labute approximate surface area is 142 Å². The summed E-state index contributed by atoms with van der Waals surface area (Å²) in [6.07, 6.45) is 0.787. The highest BCUT2D eigenvalue weighted by molar-refractivity contribution is 7.15. The minimum Gasteiger partial charge on any atom is -0.460 e. The summed E-state index contributed by atoms with van der Waals surface area (Å²) in [4.78, 5) is 12.4. The molecule has 0 bridgehead atoms. The highest BCUT2D eigenvalue weighted by atomic mass is 35.5. The summed E-state index contributed by atoms with van der Waals surface area (Å²) in [5.74, 6) is 0.811. The molecular weight excluding hydrogens is 334 g/mol. The lowest BCUT2D eigenvalue weighted by molar-refractivity contribution is 0.102. The fraction of sp³-hybridized carbons (Fsp3) is 0.188. The van der Waals surface area contributed by atoms with E-state index in [2.05, 4.69) is 15.5 Å². The number of nitrogens with zero attached hydrogens (tertiary/aromatic N) is 2. The molecule has 5 nitrogen and oxygen atoms in total. The number of rotatable bonds is 4. The molecule has 0 saturated carbocycles. The highest BCUT2D eigenvalue weighted by Gasteiger charge is 2.18. The first-order valence-corrected chi connectivity index (χ1v) is 8.27. The molecule has 2 heterocycles. The van der Waals surface area contributed by atoms with Crippen LogP contribution in [0.4, 0.5) is 5.13 Å². The predicted octanol–water partition coefficient (Wildman–Crippen LogP) is 4.57. The number of anilines is 1. The van der Waals surface area contributed by atoms with Crippen LogP contribution in [-0.2, 0) is 6.42 Å². The molecule has 0 unspecified atom stereocenters. The minimum atomic E-state index is -0.275. The van der Waals surface area contributed by atoms with Gasteiger partial charge in [0.1, 0.15) is 16.5 Å². The average Bonchev–Trinajstić information content (AvgIpc) is 3.14. The number of furan rings is 1. The van der Waals surface area contributed by atoms with Gasteiger partial charge in [0.25, 0.3) is 5.91 Å². The van der Waals surface area contributed by atoms with Crippen molar-refractivity contribution in [3.05, 3.63) is 51.7 Å². The zero-order valence-electron chi connectivity index (χ0n) is 12.6. The number of carbonyl (C=O) groups is 1. The first-order valence-electron chi connectivity index (χ1n) is 7.07. The molecule has 3 rings (SSSR count). The van der Waals surface area contributed by atoms with Crippen molar-refractivity contribution in [3.63, 3.8) is 0 Å². The fourth-order valence-corrected chi connectivity index (χ4v) is 3.02. The lowest BCUT2D eigenvalue weighted by atomic mass is 10.1. The lowest BCUT2D eigenvalue weighted by Gasteiger charge is -1.98. The van der Waals surface area contributed by atoms with Crippen molar-refractivity contribution in [2.45, 2.75) is 20.3 Å². The van der Waals surface area contributed by atoms with Crippen molar-refractivity contribution >= 4 is 34.0 Å². The Kier molecular flexibility index (Phi) is 4.45. The van der Waals surface area contributed by atoms with Gasteiger partial charge in [0.2, 0.25) is 5.13 Å². The van der Waals surface area contributed by atoms with Crippen LogP contribution < -0.4 is 5.32 Å². The summed E-state index contributed by atoms with van der Waals surface area (Å²) >= 11 is 7.53. The van der Waals surface area contributed by atoms with Crippen molar-refractivity contribution < 1.29 is 9.21 Å². The molecule has 0 spiro atoms. The molecule has 0 radical (unpaired) electrons. The molecule has 0 aliphatic rings. The van der Waals surface area contributed by atoms with Crippen molar-refractivity contribution in [2.24, 2.45) is 0 Å². The van der Waals surface area contributed by atoms with E-state index in [0.717, 1.165) is 17.0 Å². The SMILES string of the molecule is CCc1nnc(NC(=O)c2cc(-c3ccccc3Cl)oc2C)s1. The van der Waals surface area contributed by atoms with Gasteiger partial charge in [-0.25, -0.2) is 0 Å². The first-order chi connectivity index (χ1) is 11.1. The van der Waals surface area contributed by atoms with E-state index in [9.17, 15) is 4.79 Å². The molecule has 2 aromatic heterocycles. The van der Waals surface area contributed by atoms with Gasteiger partial charge in [0.05, 0.1) is 10.6 Å². The fourth-order valence-electron chi connectivity index (χ4n) is 2.11. The third-order valence-corrected chi connectivity index (χ3v) is 4.60. The van der Waals surface area contributed by atoms with Gasteiger partial charge in [-0.15, -0.1) is 10.2 Å². The van der Waals surface area contributed by atoms with E-state index in [0.29, 0.717) is 27.2 Å². The van der Waals surface area contributed by atoms with Gasteiger partial charge in [-0.3, -0.25) is 10.1 Å². The summed E-state index contributed by atoms with van der Waals surface area (Å²) < 4.78 is 5.69. The zero-order chi connectivity index (χ0) is 16.4. The molecular formula is C16H14ClN3O2S. The second-order valence-corrected chi connectivity index (χ2v) is 6.34. The molecule has 7 heteroatoms. The zero-order valence-corrected chi connectivity index (χ0v) is 14.2. The monoisotopic (exact) mass is 347 g/mol. The number of aromatic nitrogens is 2. The van der Waals surface area contributed by atoms with Gasteiger partial charge in [-0.1, -0.05) is 42.0 Å². The first kappa shape index (κ1) is 15.7. The normalized spacial score (nSPS) is 10.7. The van der Waals surface area contributed by atoms with Gasteiger partial charge in [0, 0.05) is 5.56 Å². The van der Waals surface area contributed by atoms with Crippen LogP contribution >= 0.6 is 22.9 Å². The van der Waals surface area contributed by atoms with Crippen LogP contribution in [-0.4, -0.2) is 16.1 Å². The second kappa shape index (κ2) is 6.52. The van der Waals surface area contributed by atoms with Gasteiger partial charge >= 0.3 is 0 Å². The number of halogens is 1. The van der Waals surface area contributed by atoms with E-state index in [-0.39, 0.29) is 5.91 Å². The van der Waals surface area contributed by atoms with E-state index >= 15 is 0 Å². The van der Waals surface area contributed by atoms with E-state index in [1.54, 1.807) is 19.1 Å². The topological polar surface area (TPSA) is 68.0 Å². The summed E-state index contributed by atoms with van der Waals surface area (Å²) in [6.45, 7) is 3.73. The molecule has 0 fully saturated rings. The Bertz CT molecular complexity index is 857. The molecule has 3 aromatic rings. The Hall–Kier alpha value is -2.18. The lowest BCUT2D eigenvalue weighted by Crippen LogP contribution is -2.11. The largest absolute Gasteiger partial charge is 0.460 e. The van der Waals surface area contributed by atoms with E-state index in [1.165, 1.54) is 11.3 Å². The van der Waals surface area contributed by atoms with Crippen molar-refractivity contribution in [3.8, 4) is 11.3 Å². The van der Waals surface area contributed by atoms with Crippen molar-refractivity contribution in [1.82, 2.24) is 10.2 Å². The standard InChI is InChI=1S/C16H14ClN3O2S/c1-3-14-19-20-16(23-14)18-15(21)11-8-13(22-9(11)2)10-6-4-5-7-12(10)17/h4-8H,3H2,1-2H3,(H,18,20,21). The van der Waals surface area contributed by atoms with Crippen LogP contribution in [0.25, 0.3) is 11.3 Å². The van der Waals surface area contributed by atoms with E-state index in [1.807, 2.05) is 25.1 Å².